The number of hydrogen-bond donors (Lipinski definition) is 1. The number of methoxy groups -OCH3 is 1. The quantitative estimate of drug-likeness (QED) is 0.209. The van der Waals surface area contributed by atoms with E-state index in [-0.39, 0.29) is 17.0 Å². The molecule has 0 radical (unpaired) electrons. The number of aromatic carboxylic acids is 1. The third-order valence-corrected chi connectivity index (χ3v) is 9.53. The molecule has 2 aromatic heterocycles. The second-order valence-corrected chi connectivity index (χ2v) is 12.5. The first kappa shape index (κ1) is 31.3. The molecular weight excluding hydrogens is 621 g/mol. The van der Waals surface area contributed by atoms with Crippen LogP contribution in [0.15, 0.2) is 48.5 Å². The molecule has 2 aliphatic rings. The molecule has 0 aliphatic carbocycles. The van der Waals surface area contributed by atoms with Crippen LogP contribution in [0.3, 0.4) is 0 Å². The highest BCUT2D eigenvalue weighted by molar-refractivity contribution is 7.17. The zero-order chi connectivity index (χ0) is 32.9. The number of benzene rings is 2. The average molecular weight is 653 g/mol. The third-order valence-electron chi connectivity index (χ3n) is 8.33. The van der Waals surface area contributed by atoms with Crippen molar-refractivity contribution in [2.24, 2.45) is 0 Å². The number of carboxylic acids is 1. The zero-order valence-corrected chi connectivity index (χ0v) is 26.3. The Kier molecular flexibility index (Phi) is 8.13. The minimum Gasteiger partial charge on any atom is -0.496 e. The van der Waals surface area contributed by atoms with Gasteiger partial charge in [0.2, 0.25) is 0 Å². The molecule has 0 bridgehead atoms. The molecule has 46 heavy (non-hydrogen) atoms. The summed E-state index contributed by atoms with van der Waals surface area (Å²) in [5.74, 6) is 0.227. The number of carbonyl (C=O) groups excluding carboxylic acids is 1. The number of thiazole rings is 1. The summed E-state index contributed by atoms with van der Waals surface area (Å²) in [7, 11) is 1.54. The first-order valence-corrected chi connectivity index (χ1v) is 15.5. The number of amides is 1. The van der Waals surface area contributed by atoms with Crippen molar-refractivity contribution in [1.29, 1.82) is 0 Å². The van der Waals surface area contributed by atoms with Crippen molar-refractivity contribution in [3.8, 4) is 27.4 Å². The first-order chi connectivity index (χ1) is 21.8. The highest BCUT2D eigenvalue weighted by Crippen LogP contribution is 2.41. The van der Waals surface area contributed by atoms with E-state index < -0.39 is 35.9 Å². The molecular formula is C33H31F3N4O5S. The summed E-state index contributed by atoms with van der Waals surface area (Å²) in [5, 5.41) is 10.1. The molecule has 1 N–H and O–H groups in total. The van der Waals surface area contributed by atoms with Crippen LogP contribution in [0.25, 0.3) is 21.7 Å². The number of carbonyl (C=O) groups is 2. The van der Waals surface area contributed by atoms with Gasteiger partial charge in [-0.1, -0.05) is 11.6 Å². The number of hydrogen-bond acceptors (Lipinski definition) is 8. The number of anilines is 1. The Morgan fingerprint density at radius 3 is 2.48 bits per heavy atom. The normalized spacial score (nSPS) is 18.0. The van der Waals surface area contributed by atoms with E-state index in [9.17, 15) is 27.9 Å². The highest BCUT2D eigenvalue weighted by atomic mass is 32.1. The minimum absolute atomic E-state index is 0.0262. The number of carboxylic acid groups (broad SMARTS) is 1. The van der Waals surface area contributed by atoms with Crippen molar-refractivity contribution in [3.05, 3.63) is 81.5 Å². The van der Waals surface area contributed by atoms with Crippen LogP contribution in [0.4, 0.5) is 23.8 Å². The number of ether oxygens (including phenoxy) is 2. The molecule has 6 rings (SSSR count). The fourth-order valence-corrected chi connectivity index (χ4v) is 6.71. The molecule has 0 saturated carbocycles. The lowest BCUT2D eigenvalue weighted by Gasteiger charge is -2.33. The van der Waals surface area contributed by atoms with Gasteiger partial charge in [0, 0.05) is 29.8 Å². The van der Waals surface area contributed by atoms with Gasteiger partial charge in [-0.25, -0.2) is 19.6 Å². The van der Waals surface area contributed by atoms with Gasteiger partial charge in [0.25, 0.3) is 0 Å². The molecule has 9 nitrogen and oxygen atoms in total. The second kappa shape index (κ2) is 11.9. The standard InChI is InChI=1S/C33H31F3N4O5S/c1-17-12-21(14-22(13-17)33(34,35)36)28-19(3)40(32(43)45-28)16-25-23(7-9-27(38-25)39-10-5-11-39)24-15-20(6-8-26(24)44-4)30-37-18(2)29(46-30)31(41)42/h6-9,12-15,19,28H,5,10-11,16H2,1-4H3,(H,41,42)/t19-,28-/m0/s1. The van der Waals surface area contributed by atoms with E-state index in [1.54, 1.807) is 39.0 Å². The molecule has 2 fully saturated rings. The van der Waals surface area contributed by atoms with Crippen LogP contribution in [-0.4, -0.2) is 58.3 Å². The summed E-state index contributed by atoms with van der Waals surface area (Å²) in [6, 6.07) is 12.3. The molecule has 13 heteroatoms. The molecule has 4 heterocycles. The van der Waals surface area contributed by atoms with E-state index in [1.165, 1.54) is 12.0 Å². The van der Waals surface area contributed by atoms with Gasteiger partial charge in [0.1, 0.15) is 27.6 Å². The van der Waals surface area contributed by atoms with Gasteiger partial charge in [-0.05, 0) is 75.2 Å². The van der Waals surface area contributed by atoms with Crippen LogP contribution in [0.5, 0.6) is 5.75 Å². The molecule has 240 valence electrons. The van der Waals surface area contributed by atoms with Gasteiger partial charge < -0.3 is 19.5 Å². The molecule has 2 aromatic carbocycles. The fourth-order valence-electron chi connectivity index (χ4n) is 5.81. The van der Waals surface area contributed by atoms with Gasteiger partial charge >= 0.3 is 18.2 Å². The van der Waals surface area contributed by atoms with Crippen LogP contribution in [-0.2, 0) is 17.5 Å². The van der Waals surface area contributed by atoms with Crippen LogP contribution < -0.4 is 9.64 Å². The van der Waals surface area contributed by atoms with Crippen molar-refractivity contribution in [2.45, 2.75) is 52.1 Å². The largest absolute Gasteiger partial charge is 0.496 e. The Bertz CT molecular complexity index is 1840. The number of alkyl halides is 3. The van der Waals surface area contributed by atoms with E-state index in [4.69, 9.17) is 14.5 Å². The lowest BCUT2D eigenvalue weighted by atomic mass is 9.97. The van der Waals surface area contributed by atoms with Crippen molar-refractivity contribution in [1.82, 2.24) is 14.9 Å². The van der Waals surface area contributed by atoms with E-state index in [0.717, 1.165) is 48.8 Å². The van der Waals surface area contributed by atoms with Gasteiger partial charge in [0.15, 0.2) is 0 Å². The monoisotopic (exact) mass is 652 g/mol. The summed E-state index contributed by atoms with van der Waals surface area (Å²) >= 11 is 1.07. The summed E-state index contributed by atoms with van der Waals surface area (Å²) < 4.78 is 52.2. The second-order valence-electron chi connectivity index (χ2n) is 11.5. The number of cyclic esters (lactones) is 1. The first-order valence-electron chi connectivity index (χ1n) is 14.6. The van der Waals surface area contributed by atoms with Crippen LogP contribution in [0.2, 0.25) is 0 Å². The SMILES string of the molecule is COc1ccc(-c2nc(C)c(C(=O)O)s2)cc1-c1ccc(N2CCC2)nc1CN1C(=O)O[C@H](c2cc(C)cc(C(F)(F)F)c2)[C@@H]1C. The fraction of sp³-hybridized carbons (Fsp3) is 0.333. The minimum atomic E-state index is -4.54. The van der Waals surface area contributed by atoms with Gasteiger partial charge in [-0.15, -0.1) is 11.3 Å². The van der Waals surface area contributed by atoms with Crippen LogP contribution >= 0.6 is 11.3 Å². The Balaban J connectivity index is 1.39. The van der Waals surface area contributed by atoms with Crippen molar-refractivity contribution >= 4 is 29.2 Å². The molecule has 1 amide bonds. The van der Waals surface area contributed by atoms with E-state index in [1.807, 2.05) is 18.2 Å². The lowest BCUT2D eigenvalue weighted by Crippen LogP contribution is -2.38. The predicted octanol–water partition coefficient (Wildman–Crippen LogP) is 7.51. The Hall–Kier alpha value is -4.65. The number of pyridine rings is 1. The summed E-state index contributed by atoms with van der Waals surface area (Å²) in [5.41, 5.74) is 2.86. The van der Waals surface area contributed by atoms with Crippen molar-refractivity contribution in [2.75, 3.05) is 25.1 Å². The van der Waals surface area contributed by atoms with Gasteiger partial charge in [-0.3, -0.25) is 4.90 Å². The van der Waals surface area contributed by atoms with Gasteiger partial charge in [0.05, 0.1) is 36.6 Å². The number of aromatic nitrogens is 2. The number of aryl methyl sites for hydroxylation is 2. The van der Waals surface area contributed by atoms with Crippen molar-refractivity contribution in [3.63, 3.8) is 0 Å². The lowest BCUT2D eigenvalue weighted by molar-refractivity contribution is -0.137. The average Bonchev–Trinajstić information content (AvgIpc) is 3.50. The summed E-state index contributed by atoms with van der Waals surface area (Å²) in [6.07, 6.45) is -5.07. The molecule has 2 saturated heterocycles. The molecule has 0 unspecified atom stereocenters. The highest BCUT2D eigenvalue weighted by Gasteiger charge is 2.42. The molecule has 2 atom stereocenters. The van der Waals surface area contributed by atoms with E-state index in [0.29, 0.717) is 44.4 Å². The zero-order valence-electron chi connectivity index (χ0n) is 25.5. The maximum absolute atomic E-state index is 13.6. The molecule has 2 aliphatic heterocycles. The predicted molar refractivity (Wildman–Crippen MR) is 166 cm³/mol. The maximum Gasteiger partial charge on any atom is 0.416 e. The summed E-state index contributed by atoms with van der Waals surface area (Å²) in [6.45, 7) is 6.69. The summed E-state index contributed by atoms with van der Waals surface area (Å²) in [4.78, 5) is 38.1. The number of nitrogens with zero attached hydrogens (tertiary/aromatic N) is 4. The molecule has 0 spiro atoms. The number of halogens is 3. The Morgan fingerprint density at radius 1 is 1.09 bits per heavy atom. The van der Waals surface area contributed by atoms with Crippen LogP contribution in [0.1, 0.15) is 57.2 Å². The topological polar surface area (TPSA) is 105 Å². The van der Waals surface area contributed by atoms with Crippen LogP contribution in [0, 0.1) is 13.8 Å². The van der Waals surface area contributed by atoms with E-state index in [2.05, 4.69) is 9.88 Å². The van der Waals surface area contributed by atoms with E-state index >= 15 is 0 Å². The number of rotatable bonds is 8. The van der Waals surface area contributed by atoms with Gasteiger partial charge in [-0.2, -0.15) is 13.2 Å². The Morgan fingerprint density at radius 2 is 1.85 bits per heavy atom. The molecule has 4 aromatic rings. The van der Waals surface area contributed by atoms with Crippen molar-refractivity contribution < 1.29 is 37.3 Å². The Labute approximate surface area is 267 Å². The maximum atomic E-state index is 13.6. The smallest absolute Gasteiger partial charge is 0.416 e. The third kappa shape index (κ3) is 5.86.